The van der Waals surface area contributed by atoms with Crippen LogP contribution in [0, 0.1) is 0 Å². The third-order valence-electron chi connectivity index (χ3n) is 5.45. The first-order chi connectivity index (χ1) is 16.7. The zero-order valence-corrected chi connectivity index (χ0v) is 18.6. The van der Waals surface area contributed by atoms with E-state index >= 15 is 0 Å². The third-order valence-corrected chi connectivity index (χ3v) is 5.45. The molecule has 7 nitrogen and oxygen atoms in total. The molecule has 1 aromatic heterocycles. The molecule has 0 unspecified atom stereocenters. The van der Waals surface area contributed by atoms with Gasteiger partial charge in [-0.2, -0.15) is 0 Å². The minimum absolute atomic E-state index is 0.173. The second-order valence-corrected chi connectivity index (χ2v) is 7.51. The number of hydrogen-bond donors (Lipinski definition) is 1. The number of methoxy groups -OCH3 is 2. The Balaban J connectivity index is 1.48. The number of rotatable bonds is 6. The van der Waals surface area contributed by atoms with Crippen molar-refractivity contribution in [2.45, 2.75) is 0 Å². The van der Waals surface area contributed by atoms with Gasteiger partial charge >= 0.3 is 0 Å². The molecule has 5 rings (SSSR count). The Kier molecular flexibility index (Phi) is 5.66. The lowest BCUT2D eigenvalue weighted by atomic mass is 10.0. The van der Waals surface area contributed by atoms with Crippen molar-refractivity contribution in [3.8, 4) is 23.1 Å². The van der Waals surface area contributed by atoms with Crippen molar-refractivity contribution in [1.29, 1.82) is 0 Å². The fourth-order valence-electron chi connectivity index (χ4n) is 3.80. The molecule has 0 spiro atoms. The highest BCUT2D eigenvalue weighted by molar-refractivity contribution is 6.13. The van der Waals surface area contributed by atoms with E-state index in [1.54, 1.807) is 32.4 Å². The molecule has 0 fully saturated rings. The van der Waals surface area contributed by atoms with E-state index in [2.05, 4.69) is 15.3 Å². The Hall–Kier alpha value is -4.65. The lowest BCUT2D eigenvalue weighted by Crippen LogP contribution is -2.12. The number of hydrogen-bond acceptors (Lipinski definition) is 6. The lowest BCUT2D eigenvalue weighted by molar-refractivity contribution is 0.102. The zero-order chi connectivity index (χ0) is 23.5. The van der Waals surface area contributed by atoms with Crippen LogP contribution in [0.5, 0.6) is 23.1 Å². The van der Waals surface area contributed by atoms with Crippen LogP contribution in [0.2, 0.25) is 0 Å². The van der Waals surface area contributed by atoms with E-state index in [9.17, 15) is 4.79 Å². The summed E-state index contributed by atoms with van der Waals surface area (Å²) in [7, 11) is 3.15. The smallest absolute Gasteiger partial charge is 0.256 e. The summed E-state index contributed by atoms with van der Waals surface area (Å²) >= 11 is 0. The van der Waals surface area contributed by atoms with Crippen LogP contribution in [-0.2, 0) is 0 Å². The Morgan fingerprint density at radius 2 is 1.59 bits per heavy atom. The normalized spacial score (nSPS) is 10.8. The number of nitrogens with one attached hydrogen (secondary N) is 1. The summed E-state index contributed by atoms with van der Waals surface area (Å²) in [6.07, 6.45) is 1.44. The first-order valence-corrected chi connectivity index (χ1v) is 10.6. The van der Waals surface area contributed by atoms with Crippen LogP contribution in [0.4, 0.5) is 5.69 Å². The van der Waals surface area contributed by atoms with Gasteiger partial charge in [-0.1, -0.05) is 30.3 Å². The average Bonchev–Trinajstić information content (AvgIpc) is 2.88. The SMILES string of the molecule is COc1cc2ncnc(Oc3ccc4c(C(=O)Nc5ccccc5)cccc4c3)c2cc1OC. The molecule has 34 heavy (non-hydrogen) atoms. The highest BCUT2D eigenvalue weighted by Crippen LogP contribution is 2.36. The fourth-order valence-corrected chi connectivity index (χ4v) is 3.80. The second-order valence-electron chi connectivity index (χ2n) is 7.51. The van der Waals surface area contributed by atoms with Crippen molar-refractivity contribution in [2.75, 3.05) is 19.5 Å². The molecular formula is C27H21N3O4. The standard InChI is InChI=1S/C27H21N3O4/c1-32-24-14-22-23(15-25(24)33-2)28-16-29-27(22)34-19-11-12-20-17(13-19)7-6-10-21(20)26(31)30-18-8-4-3-5-9-18/h3-16H,1-2H3,(H,30,31). The van der Waals surface area contributed by atoms with Crippen LogP contribution in [0.1, 0.15) is 10.4 Å². The molecule has 4 aromatic carbocycles. The number of anilines is 1. The number of amides is 1. The number of para-hydroxylation sites is 1. The molecule has 0 radical (unpaired) electrons. The monoisotopic (exact) mass is 451 g/mol. The maximum Gasteiger partial charge on any atom is 0.256 e. The van der Waals surface area contributed by atoms with Gasteiger partial charge in [0.25, 0.3) is 5.91 Å². The van der Waals surface area contributed by atoms with E-state index in [1.165, 1.54) is 6.33 Å². The molecule has 0 aliphatic carbocycles. The minimum atomic E-state index is -0.173. The van der Waals surface area contributed by atoms with Crippen molar-refractivity contribution in [3.05, 3.63) is 90.8 Å². The Bertz CT molecular complexity index is 1500. The van der Waals surface area contributed by atoms with E-state index in [4.69, 9.17) is 14.2 Å². The van der Waals surface area contributed by atoms with Crippen molar-refractivity contribution >= 4 is 33.3 Å². The van der Waals surface area contributed by atoms with Crippen molar-refractivity contribution in [1.82, 2.24) is 9.97 Å². The first kappa shape index (κ1) is 21.2. The molecule has 1 amide bonds. The second kappa shape index (κ2) is 9.07. The van der Waals surface area contributed by atoms with Crippen molar-refractivity contribution in [2.24, 2.45) is 0 Å². The highest BCUT2D eigenvalue weighted by atomic mass is 16.5. The van der Waals surface area contributed by atoms with E-state index < -0.39 is 0 Å². The predicted octanol–water partition coefficient (Wildman–Crippen LogP) is 5.84. The summed E-state index contributed by atoms with van der Waals surface area (Å²) in [5.41, 5.74) is 1.99. The number of benzene rings is 4. The summed E-state index contributed by atoms with van der Waals surface area (Å²) in [6.45, 7) is 0. The fraction of sp³-hybridized carbons (Fsp3) is 0.0741. The van der Waals surface area contributed by atoms with Gasteiger partial charge in [-0.3, -0.25) is 4.79 Å². The van der Waals surface area contributed by atoms with Gasteiger partial charge in [0.15, 0.2) is 11.5 Å². The van der Waals surface area contributed by atoms with Gasteiger partial charge in [0.1, 0.15) is 12.1 Å². The van der Waals surface area contributed by atoms with Crippen LogP contribution in [0.15, 0.2) is 85.2 Å². The van der Waals surface area contributed by atoms with Crippen LogP contribution in [0.25, 0.3) is 21.7 Å². The number of aromatic nitrogens is 2. The largest absolute Gasteiger partial charge is 0.493 e. The summed E-state index contributed by atoms with van der Waals surface area (Å²) < 4.78 is 16.9. The Labute approximate surface area is 195 Å². The quantitative estimate of drug-likeness (QED) is 0.349. The van der Waals surface area contributed by atoms with E-state index in [-0.39, 0.29) is 5.91 Å². The molecule has 7 heteroatoms. The molecule has 0 saturated heterocycles. The van der Waals surface area contributed by atoms with E-state index in [0.29, 0.717) is 39.6 Å². The Morgan fingerprint density at radius 3 is 2.38 bits per heavy atom. The topological polar surface area (TPSA) is 82.6 Å². The van der Waals surface area contributed by atoms with Gasteiger partial charge in [-0.25, -0.2) is 9.97 Å². The highest BCUT2D eigenvalue weighted by Gasteiger charge is 2.14. The van der Waals surface area contributed by atoms with Gasteiger partial charge in [0, 0.05) is 17.3 Å². The minimum Gasteiger partial charge on any atom is -0.493 e. The molecule has 1 heterocycles. The summed E-state index contributed by atoms with van der Waals surface area (Å²) in [6, 6.07) is 24.1. The number of ether oxygens (including phenoxy) is 3. The Morgan fingerprint density at radius 1 is 0.794 bits per heavy atom. The molecule has 0 aliphatic rings. The van der Waals surface area contributed by atoms with Crippen LogP contribution < -0.4 is 19.5 Å². The molecule has 0 saturated carbocycles. The van der Waals surface area contributed by atoms with Crippen LogP contribution in [-0.4, -0.2) is 30.1 Å². The number of carbonyl (C=O) groups excluding carboxylic acids is 1. The average molecular weight is 451 g/mol. The van der Waals surface area contributed by atoms with Crippen LogP contribution >= 0.6 is 0 Å². The van der Waals surface area contributed by atoms with E-state index in [0.717, 1.165) is 16.5 Å². The lowest BCUT2D eigenvalue weighted by Gasteiger charge is -2.12. The third kappa shape index (κ3) is 4.06. The number of carbonyl (C=O) groups is 1. The molecular weight excluding hydrogens is 430 g/mol. The zero-order valence-electron chi connectivity index (χ0n) is 18.6. The molecule has 1 N–H and O–H groups in total. The molecule has 168 valence electrons. The number of fused-ring (bicyclic) bond motifs is 2. The van der Waals surface area contributed by atoms with E-state index in [1.807, 2.05) is 60.7 Å². The molecule has 0 bridgehead atoms. The molecule has 0 atom stereocenters. The number of nitrogens with zero attached hydrogens (tertiary/aromatic N) is 2. The summed E-state index contributed by atoms with van der Waals surface area (Å²) in [5, 5.41) is 5.32. The van der Waals surface area contributed by atoms with Gasteiger partial charge in [-0.05, 0) is 53.2 Å². The van der Waals surface area contributed by atoms with Crippen LogP contribution in [0.3, 0.4) is 0 Å². The van der Waals surface area contributed by atoms with Gasteiger partial charge in [0.05, 0.1) is 25.1 Å². The molecule has 5 aromatic rings. The van der Waals surface area contributed by atoms with Crippen molar-refractivity contribution in [3.63, 3.8) is 0 Å². The predicted molar refractivity (Wildman–Crippen MR) is 131 cm³/mol. The van der Waals surface area contributed by atoms with Crippen molar-refractivity contribution < 1.29 is 19.0 Å². The summed E-state index contributed by atoms with van der Waals surface area (Å²) in [4.78, 5) is 21.5. The van der Waals surface area contributed by atoms with Gasteiger partial charge in [-0.15, -0.1) is 0 Å². The van der Waals surface area contributed by atoms with Gasteiger partial charge in [0.2, 0.25) is 5.88 Å². The summed E-state index contributed by atoms with van der Waals surface area (Å²) in [5.74, 6) is 1.94. The maximum absolute atomic E-state index is 12.9. The first-order valence-electron chi connectivity index (χ1n) is 10.6. The van der Waals surface area contributed by atoms with Gasteiger partial charge < -0.3 is 19.5 Å². The maximum atomic E-state index is 12.9. The molecule has 0 aliphatic heterocycles.